The molecule has 0 unspecified atom stereocenters. The van der Waals surface area contributed by atoms with Crippen LogP contribution in [0.15, 0.2) is 24.3 Å². The predicted molar refractivity (Wildman–Crippen MR) is 72.5 cm³/mol. The Balaban J connectivity index is 2.01. The first-order valence-corrected chi connectivity index (χ1v) is 6.88. The van der Waals surface area contributed by atoms with Crippen LogP contribution < -0.4 is 0 Å². The molecule has 1 aromatic heterocycles. The summed E-state index contributed by atoms with van der Waals surface area (Å²) in [6.07, 6.45) is 4.77. The number of fused-ring (bicyclic) bond motifs is 1. The molecule has 0 amide bonds. The zero-order valence-corrected chi connectivity index (χ0v) is 10.9. The van der Waals surface area contributed by atoms with Gasteiger partial charge in [-0.05, 0) is 37.8 Å². The Morgan fingerprint density at radius 2 is 2.11 bits per heavy atom. The molecule has 18 heavy (non-hydrogen) atoms. The van der Waals surface area contributed by atoms with Crippen LogP contribution in [-0.2, 0) is 13.0 Å². The average molecular weight is 244 g/mol. The molecule has 0 spiro atoms. The summed E-state index contributed by atoms with van der Waals surface area (Å²) in [6.45, 7) is 3.16. The highest BCUT2D eigenvalue weighted by molar-refractivity contribution is 5.75. The van der Waals surface area contributed by atoms with E-state index in [0.29, 0.717) is 6.42 Å². The second-order valence-corrected chi connectivity index (χ2v) is 5.42. The lowest BCUT2D eigenvalue weighted by molar-refractivity contribution is -0.0343. The van der Waals surface area contributed by atoms with Crippen LogP contribution in [0.3, 0.4) is 0 Å². The van der Waals surface area contributed by atoms with Crippen molar-refractivity contribution in [2.75, 3.05) is 0 Å². The quantitative estimate of drug-likeness (QED) is 0.898. The molecule has 2 aromatic rings. The molecule has 0 radical (unpaired) electrons. The van der Waals surface area contributed by atoms with Gasteiger partial charge < -0.3 is 9.67 Å². The number of nitrogens with zero attached hydrogens (tertiary/aromatic N) is 2. The number of imidazole rings is 1. The zero-order valence-electron chi connectivity index (χ0n) is 10.9. The molecule has 1 fully saturated rings. The topological polar surface area (TPSA) is 38.0 Å². The smallest absolute Gasteiger partial charge is 0.112 e. The molecule has 0 atom stereocenters. The van der Waals surface area contributed by atoms with E-state index in [-0.39, 0.29) is 0 Å². The lowest BCUT2D eigenvalue weighted by Gasteiger charge is -2.36. The van der Waals surface area contributed by atoms with Gasteiger partial charge >= 0.3 is 0 Å². The number of benzene rings is 1. The number of aryl methyl sites for hydroxylation is 1. The van der Waals surface area contributed by atoms with Crippen molar-refractivity contribution in [3.63, 3.8) is 0 Å². The van der Waals surface area contributed by atoms with Crippen molar-refractivity contribution in [2.24, 2.45) is 0 Å². The summed E-state index contributed by atoms with van der Waals surface area (Å²) in [7, 11) is 0. The second-order valence-electron chi connectivity index (χ2n) is 5.42. The maximum absolute atomic E-state index is 10.3. The third-order valence-electron chi connectivity index (χ3n) is 3.95. The minimum Gasteiger partial charge on any atom is -0.389 e. The van der Waals surface area contributed by atoms with Gasteiger partial charge in [-0.1, -0.05) is 19.1 Å². The van der Waals surface area contributed by atoms with E-state index < -0.39 is 5.60 Å². The Bertz CT molecular complexity index is 555. The van der Waals surface area contributed by atoms with E-state index in [2.05, 4.69) is 29.7 Å². The molecule has 0 aliphatic heterocycles. The van der Waals surface area contributed by atoms with E-state index in [4.69, 9.17) is 4.98 Å². The summed E-state index contributed by atoms with van der Waals surface area (Å²) in [6, 6.07) is 8.24. The molecule has 1 heterocycles. The molecular weight excluding hydrogens is 224 g/mol. The fourth-order valence-electron chi connectivity index (χ4n) is 2.79. The molecule has 3 heteroatoms. The Labute approximate surface area is 107 Å². The van der Waals surface area contributed by atoms with E-state index in [1.165, 1.54) is 5.52 Å². The highest BCUT2D eigenvalue weighted by Gasteiger charge is 2.36. The number of hydrogen-bond donors (Lipinski definition) is 1. The standard InChI is InChI=1S/C15H20N2O/c1-2-10-17-13-7-4-3-6-12(13)16-14(17)11-15(18)8-5-9-15/h3-4,6-7,18H,2,5,8-11H2,1H3. The zero-order chi connectivity index (χ0) is 12.6. The first kappa shape index (κ1) is 11.7. The van der Waals surface area contributed by atoms with E-state index in [9.17, 15) is 5.11 Å². The molecule has 1 N–H and O–H groups in total. The Morgan fingerprint density at radius 3 is 2.78 bits per heavy atom. The normalized spacial score (nSPS) is 17.9. The van der Waals surface area contributed by atoms with Gasteiger partial charge in [0.2, 0.25) is 0 Å². The largest absolute Gasteiger partial charge is 0.389 e. The summed E-state index contributed by atoms with van der Waals surface area (Å²) in [5.41, 5.74) is 1.74. The average Bonchev–Trinajstić information content (AvgIpc) is 2.66. The fourth-order valence-corrected chi connectivity index (χ4v) is 2.79. The van der Waals surface area contributed by atoms with Gasteiger partial charge in [-0.3, -0.25) is 0 Å². The number of aromatic nitrogens is 2. The third kappa shape index (κ3) is 1.93. The van der Waals surface area contributed by atoms with Crippen LogP contribution in [0, 0.1) is 0 Å². The lowest BCUT2D eigenvalue weighted by Crippen LogP contribution is -2.39. The number of rotatable bonds is 4. The summed E-state index contributed by atoms with van der Waals surface area (Å²) < 4.78 is 2.27. The fraction of sp³-hybridized carbons (Fsp3) is 0.533. The first-order valence-electron chi connectivity index (χ1n) is 6.88. The van der Waals surface area contributed by atoms with Crippen molar-refractivity contribution in [2.45, 2.75) is 51.2 Å². The maximum Gasteiger partial charge on any atom is 0.112 e. The predicted octanol–water partition coefficient (Wildman–Crippen LogP) is 2.90. The van der Waals surface area contributed by atoms with Crippen molar-refractivity contribution >= 4 is 11.0 Å². The van der Waals surface area contributed by atoms with Crippen molar-refractivity contribution in [3.05, 3.63) is 30.1 Å². The van der Waals surface area contributed by atoms with Crippen LogP contribution in [0.2, 0.25) is 0 Å². The highest BCUT2D eigenvalue weighted by atomic mass is 16.3. The van der Waals surface area contributed by atoms with Crippen LogP contribution in [-0.4, -0.2) is 20.3 Å². The van der Waals surface area contributed by atoms with E-state index in [0.717, 1.165) is 43.6 Å². The van der Waals surface area contributed by atoms with Crippen LogP contribution in [0.1, 0.15) is 38.4 Å². The van der Waals surface area contributed by atoms with Crippen LogP contribution in [0.25, 0.3) is 11.0 Å². The van der Waals surface area contributed by atoms with Crippen molar-refractivity contribution in [1.29, 1.82) is 0 Å². The van der Waals surface area contributed by atoms with Crippen LogP contribution in [0.5, 0.6) is 0 Å². The molecule has 96 valence electrons. The van der Waals surface area contributed by atoms with E-state index in [1.54, 1.807) is 0 Å². The highest BCUT2D eigenvalue weighted by Crippen LogP contribution is 2.35. The molecular formula is C15H20N2O. The third-order valence-corrected chi connectivity index (χ3v) is 3.95. The molecule has 1 aliphatic rings. The van der Waals surface area contributed by atoms with Gasteiger partial charge in [0.15, 0.2) is 0 Å². The van der Waals surface area contributed by atoms with Gasteiger partial charge in [0.1, 0.15) is 5.82 Å². The number of hydrogen-bond acceptors (Lipinski definition) is 2. The van der Waals surface area contributed by atoms with Gasteiger partial charge in [-0.25, -0.2) is 4.98 Å². The van der Waals surface area contributed by atoms with Gasteiger partial charge in [-0.2, -0.15) is 0 Å². The summed E-state index contributed by atoms with van der Waals surface area (Å²) in [4.78, 5) is 4.70. The second kappa shape index (κ2) is 4.39. The molecule has 1 aromatic carbocycles. The van der Waals surface area contributed by atoms with E-state index in [1.807, 2.05) is 6.07 Å². The van der Waals surface area contributed by atoms with Gasteiger partial charge in [0, 0.05) is 13.0 Å². The molecule has 1 aliphatic carbocycles. The maximum atomic E-state index is 10.3. The molecule has 3 rings (SSSR count). The first-order chi connectivity index (χ1) is 8.72. The summed E-state index contributed by atoms with van der Waals surface area (Å²) >= 11 is 0. The van der Waals surface area contributed by atoms with Crippen LogP contribution in [0.4, 0.5) is 0 Å². The Hall–Kier alpha value is -1.35. The van der Waals surface area contributed by atoms with Gasteiger partial charge in [0.05, 0.1) is 16.6 Å². The van der Waals surface area contributed by atoms with Gasteiger partial charge in [-0.15, -0.1) is 0 Å². The molecule has 0 saturated heterocycles. The Kier molecular flexibility index (Phi) is 2.86. The van der Waals surface area contributed by atoms with E-state index >= 15 is 0 Å². The Morgan fingerprint density at radius 1 is 1.33 bits per heavy atom. The molecule has 0 bridgehead atoms. The van der Waals surface area contributed by atoms with Crippen LogP contribution >= 0.6 is 0 Å². The van der Waals surface area contributed by atoms with Gasteiger partial charge in [0.25, 0.3) is 0 Å². The minimum atomic E-state index is -0.493. The van der Waals surface area contributed by atoms with Crippen molar-refractivity contribution < 1.29 is 5.11 Å². The number of para-hydroxylation sites is 2. The molecule has 1 saturated carbocycles. The SMILES string of the molecule is CCCn1c(CC2(O)CCC2)nc2ccccc21. The summed E-state index contributed by atoms with van der Waals surface area (Å²) in [5.74, 6) is 1.04. The molecule has 3 nitrogen and oxygen atoms in total. The lowest BCUT2D eigenvalue weighted by atomic mass is 9.78. The summed E-state index contributed by atoms with van der Waals surface area (Å²) in [5, 5.41) is 10.3. The number of aliphatic hydroxyl groups is 1. The van der Waals surface area contributed by atoms with Crippen molar-refractivity contribution in [1.82, 2.24) is 9.55 Å². The van der Waals surface area contributed by atoms with Crippen molar-refractivity contribution in [3.8, 4) is 0 Å². The minimum absolute atomic E-state index is 0.493. The monoisotopic (exact) mass is 244 g/mol.